The molecule has 0 aromatic heterocycles. The minimum atomic E-state index is -4.15. The molecule has 0 saturated heterocycles. The zero-order chi connectivity index (χ0) is 31.9. The molecule has 1 N–H and O–H groups in total. The normalized spacial score (nSPS) is 14.1. The Morgan fingerprint density at radius 3 is 2.34 bits per heavy atom. The van der Waals surface area contributed by atoms with Crippen LogP contribution < -0.4 is 14.4 Å². The van der Waals surface area contributed by atoms with Gasteiger partial charge in [-0.1, -0.05) is 71.2 Å². The van der Waals surface area contributed by atoms with Crippen molar-refractivity contribution in [3.63, 3.8) is 0 Å². The number of nitro benzene ring substituents is 1. The van der Waals surface area contributed by atoms with Crippen molar-refractivity contribution in [1.82, 2.24) is 10.2 Å². The third kappa shape index (κ3) is 8.56. The number of nitro groups is 1. The lowest BCUT2D eigenvalue weighted by atomic mass is 10.0. The lowest BCUT2D eigenvalue weighted by Crippen LogP contribution is -2.54. The molecule has 0 heterocycles. The molecule has 0 bridgehead atoms. The van der Waals surface area contributed by atoms with Crippen molar-refractivity contribution in [2.24, 2.45) is 0 Å². The van der Waals surface area contributed by atoms with Crippen molar-refractivity contribution in [2.45, 2.75) is 50.7 Å². The average molecular weight is 688 g/mol. The second kappa shape index (κ2) is 14.7. The van der Waals surface area contributed by atoms with Crippen molar-refractivity contribution in [3.8, 4) is 5.75 Å². The van der Waals surface area contributed by atoms with E-state index in [0.29, 0.717) is 0 Å². The van der Waals surface area contributed by atoms with E-state index in [1.165, 1.54) is 24.1 Å². The van der Waals surface area contributed by atoms with Crippen LogP contribution in [0.1, 0.15) is 36.8 Å². The van der Waals surface area contributed by atoms with E-state index in [4.69, 9.17) is 4.74 Å². The van der Waals surface area contributed by atoms with Gasteiger partial charge >= 0.3 is 0 Å². The first kappa shape index (κ1) is 32.9. The van der Waals surface area contributed by atoms with Gasteiger partial charge in [0.2, 0.25) is 21.8 Å². The number of nitrogens with zero attached hydrogens (tertiary/aromatic N) is 3. The molecule has 11 nitrogen and oxygen atoms in total. The maximum atomic E-state index is 14.3. The predicted molar refractivity (Wildman–Crippen MR) is 171 cm³/mol. The monoisotopic (exact) mass is 686 g/mol. The van der Waals surface area contributed by atoms with Crippen LogP contribution in [0.4, 0.5) is 11.4 Å². The smallest absolute Gasteiger partial charge is 0.271 e. The molecule has 1 saturated carbocycles. The number of non-ortho nitro benzene ring substituents is 1. The minimum absolute atomic E-state index is 0.00903. The summed E-state index contributed by atoms with van der Waals surface area (Å²) in [5, 5.41) is 14.7. The van der Waals surface area contributed by atoms with E-state index in [1.807, 2.05) is 54.6 Å². The lowest BCUT2D eigenvalue weighted by molar-refractivity contribution is -0.384. The molecule has 234 valence electrons. The molecule has 0 radical (unpaired) electrons. The maximum Gasteiger partial charge on any atom is 0.271 e. The number of sulfonamides is 1. The summed E-state index contributed by atoms with van der Waals surface area (Å²) in [4.78, 5) is 40.5. The number of anilines is 1. The van der Waals surface area contributed by atoms with Crippen molar-refractivity contribution in [2.75, 3.05) is 24.2 Å². The first-order valence-corrected chi connectivity index (χ1v) is 16.8. The second-order valence-corrected chi connectivity index (χ2v) is 13.6. The van der Waals surface area contributed by atoms with E-state index < -0.39 is 33.4 Å². The summed E-state index contributed by atoms with van der Waals surface area (Å²) in [6.45, 7) is -0.704. The Bertz CT molecular complexity index is 1600. The van der Waals surface area contributed by atoms with Gasteiger partial charge in [0.15, 0.2) is 0 Å². The highest BCUT2D eigenvalue weighted by atomic mass is 79.9. The Hall–Kier alpha value is -3.97. The molecular weight excluding hydrogens is 652 g/mol. The van der Waals surface area contributed by atoms with Crippen LogP contribution in [0.2, 0.25) is 0 Å². The van der Waals surface area contributed by atoms with Gasteiger partial charge in [0.1, 0.15) is 24.0 Å². The quantitative estimate of drug-likeness (QED) is 0.201. The average Bonchev–Trinajstić information content (AvgIpc) is 3.50. The zero-order valence-electron chi connectivity index (χ0n) is 24.5. The van der Waals surface area contributed by atoms with E-state index in [2.05, 4.69) is 21.2 Å². The molecule has 44 heavy (non-hydrogen) atoms. The Balaban J connectivity index is 1.78. The van der Waals surface area contributed by atoms with Crippen LogP contribution in [0.5, 0.6) is 5.75 Å². The van der Waals surface area contributed by atoms with Gasteiger partial charge in [0.25, 0.3) is 5.69 Å². The van der Waals surface area contributed by atoms with Gasteiger partial charge in [0.05, 0.1) is 18.3 Å². The molecule has 1 aliphatic carbocycles. The van der Waals surface area contributed by atoms with Crippen LogP contribution in [-0.2, 0) is 32.6 Å². The number of amides is 2. The van der Waals surface area contributed by atoms with Crippen molar-refractivity contribution < 1.29 is 27.7 Å². The summed E-state index contributed by atoms with van der Waals surface area (Å²) < 4.78 is 33.1. The molecule has 0 spiro atoms. The number of halogens is 1. The fourth-order valence-electron chi connectivity index (χ4n) is 5.34. The van der Waals surface area contributed by atoms with Gasteiger partial charge in [-0.15, -0.1) is 0 Å². The summed E-state index contributed by atoms with van der Waals surface area (Å²) in [5.41, 5.74) is 1.02. The van der Waals surface area contributed by atoms with Crippen LogP contribution >= 0.6 is 15.9 Å². The third-order valence-electron chi connectivity index (χ3n) is 7.54. The second-order valence-electron chi connectivity index (χ2n) is 10.7. The van der Waals surface area contributed by atoms with E-state index in [1.54, 1.807) is 0 Å². The molecule has 3 aromatic rings. The number of ether oxygens (including phenoxy) is 1. The largest absolute Gasteiger partial charge is 0.495 e. The molecular formula is C31H35BrN4O7S. The van der Waals surface area contributed by atoms with Crippen molar-refractivity contribution in [1.29, 1.82) is 0 Å². The molecule has 13 heteroatoms. The lowest BCUT2D eigenvalue weighted by Gasteiger charge is -2.34. The van der Waals surface area contributed by atoms with Gasteiger partial charge in [-0.2, -0.15) is 0 Å². The highest BCUT2D eigenvalue weighted by Crippen LogP contribution is 2.34. The van der Waals surface area contributed by atoms with Crippen LogP contribution in [-0.4, -0.2) is 62.0 Å². The molecule has 0 unspecified atom stereocenters. The first-order chi connectivity index (χ1) is 21.0. The van der Waals surface area contributed by atoms with E-state index >= 15 is 0 Å². The van der Waals surface area contributed by atoms with Crippen LogP contribution in [0.25, 0.3) is 0 Å². The standard InChI is InChI=1S/C31H35BrN4O7S/c1-43-29-16-15-26(36(39)40)19-27(29)35(44(2,41)42)21-30(37)34(20-23-11-8-12-24(32)17-23)28(18-22-9-4-3-5-10-22)31(38)33-25-13-6-7-14-25/h3-5,8-12,15-17,19,25,28H,6-7,13-14,18,20-21H2,1-2H3,(H,33,38)/t28-/m0/s1. The van der Waals surface area contributed by atoms with Gasteiger partial charge in [-0.05, 0) is 42.2 Å². The fraction of sp³-hybridized carbons (Fsp3) is 0.355. The summed E-state index contributed by atoms with van der Waals surface area (Å²) in [7, 11) is -2.85. The summed E-state index contributed by atoms with van der Waals surface area (Å²) in [6.07, 6.45) is 4.80. The fourth-order valence-corrected chi connectivity index (χ4v) is 6.63. The Morgan fingerprint density at radius 1 is 1.05 bits per heavy atom. The summed E-state index contributed by atoms with van der Waals surface area (Å²) in [6, 6.07) is 19.1. The number of nitrogens with one attached hydrogen (secondary N) is 1. The number of hydrogen-bond acceptors (Lipinski definition) is 7. The number of benzene rings is 3. The Kier molecular flexibility index (Phi) is 11.0. The van der Waals surface area contributed by atoms with Gasteiger partial charge in [-0.3, -0.25) is 24.0 Å². The highest BCUT2D eigenvalue weighted by molar-refractivity contribution is 9.10. The molecule has 3 aromatic carbocycles. The Labute approximate surface area is 265 Å². The predicted octanol–water partition coefficient (Wildman–Crippen LogP) is 4.83. The molecule has 1 atom stereocenters. The Morgan fingerprint density at radius 2 is 1.73 bits per heavy atom. The molecule has 2 amide bonds. The number of rotatable bonds is 13. The number of carbonyl (C=O) groups excluding carboxylic acids is 2. The summed E-state index contributed by atoms with van der Waals surface area (Å²) in [5.74, 6) is -0.957. The third-order valence-corrected chi connectivity index (χ3v) is 9.16. The summed E-state index contributed by atoms with van der Waals surface area (Å²) >= 11 is 3.46. The van der Waals surface area contributed by atoms with E-state index in [0.717, 1.165) is 57.9 Å². The van der Waals surface area contributed by atoms with Crippen LogP contribution in [0.3, 0.4) is 0 Å². The number of hydrogen-bond donors (Lipinski definition) is 1. The van der Waals surface area contributed by atoms with Gasteiger partial charge < -0.3 is 15.0 Å². The molecule has 4 rings (SSSR count). The maximum absolute atomic E-state index is 14.3. The molecule has 0 aliphatic heterocycles. The number of carbonyl (C=O) groups is 2. The highest BCUT2D eigenvalue weighted by Gasteiger charge is 2.35. The van der Waals surface area contributed by atoms with Crippen molar-refractivity contribution in [3.05, 3.63) is 98.5 Å². The molecule has 1 fully saturated rings. The topological polar surface area (TPSA) is 139 Å². The van der Waals surface area contributed by atoms with Gasteiger partial charge in [-0.25, -0.2) is 8.42 Å². The van der Waals surface area contributed by atoms with E-state index in [9.17, 15) is 28.1 Å². The van der Waals surface area contributed by atoms with Crippen molar-refractivity contribution >= 4 is 49.1 Å². The zero-order valence-corrected chi connectivity index (χ0v) is 26.9. The minimum Gasteiger partial charge on any atom is -0.495 e. The first-order valence-electron chi connectivity index (χ1n) is 14.1. The van der Waals surface area contributed by atoms with E-state index in [-0.39, 0.29) is 42.0 Å². The molecule has 1 aliphatic rings. The van der Waals surface area contributed by atoms with Gasteiger partial charge in [0, 0.05) is 35.6 Å². The van der Waals surface area contributed by atoms with Crippen LogP contribution in [0, 0.1) is 10.1 Å². The SMILES string of the molecule is COc1ccc([N+](=O)[O-])cc1N(CC(=O)N(Cc1cccc(Br)c1)[C@@H](Cc1ccccc1)C(=O)NC1CCCC1)S(C)(=O)=O. The van der Waals surface area contributed by atoms with Crippen LogP contribution in [0.15, 0.2) is 77.3 Å². The number of methoxy groups -OCH3 is 1.